The number of rotatable bonds is 5. The van der Waals surface area contributed by atoms with Crippen molar-refractivity contribution in [3.05, 3.63) is 99.0 Å². The maximum Gasteiger partial charge on any atom is 0.337 e. The first-order valence-corrected chi connectivity index (χ1v) is 11.4. The Morgan fingerprint density at radius 1 is 1.12 bits per heavy atom. The van der Waals surface area contributed by atoms with E-state index < -0.39 is 0 Å². The first-order valence-electron chi connectivity index (χ1n) is 10.6. The van der Waals surface area contributed by atoms with Crippen molar-refractivity contribution < 1.29 is 14.6 Å². The molecule has 0 fully saturated rings. The molecule has 0 aromatic heterocycles. The average molecular weight is 493 g/mol. The summed E-state index contributed by atoms with van der Waals surface area (Å²) in [6.07, 6.45) is 1.31. The number of carbonyl (C=O) groups is 1. The molecular formula is C26H25BrN2O3. The molecule has 1 aliphatic heterocycles. The van der Waals surface area contributed by atoms with E-state index in [0.717, 1.165) is 33.3 Å². The molecule has 0 saturated carbocycles. The van der Waals surface area contributed by atoms with Crippen LogP contribution < -0.4 is 5.32 Å². The van der Waals surface area contributed by atoms with E-state index in [-0.39, 0.29) is 23.9 Å². The highest BCUT2D eigenvalue weighted by Gasteiger charge is 2.28. The van der Waals surface area contributed by atoms with Crippen LogP contribution in [-0.4, -0.2) is 23.9 Å². The van der Waals surface area contributed by atoms with Gasteiger partial charge in [0.15, 0.2) is 0 Å². The molecule has 32 heavy (non-hydrogen) atoms. The van der Waals surface area contributed by atoms with Crippen molar-refractivity contribution in [2.24, 2.45) is 4.99 Å². The van der Waals surface area contributed by atoms with Crippen molar-refractivity contribution >= 4 is 27.6 Å². The van der Waals surface area contributed by atoms with Crippen molar-refractivity contribution in [2.45, 2.75) is 32.0 Å². The van der Waals surface area contributed by atoms with Gasteiger partial charge in [0.1, 0.15) is 11.9 Å². The van der Waals surface area contributed by atoms with Gasteiger partial charge in [-0.3, -0.25) is 10.3 Å². The van der Waals surface area contributed by atoms with Gasteiger partial charge in [0, 0.05) is 28.2 Å². The Hall–Kier alpha value is -2.96. The van der Waals surface area contributed by atoms with Gasteiger partial charge in [0.05, 0.1) is 12.7 Å². The summed E-state index contributed by atoms with van der Waals surface area (Å²) < 4.78 is 5.71. The highest BCUT2D eigenvalue weighted by atomic mass is 79.9. The molecular weight excluding hydrogens is 468 g/mol. The van der Waals surface area contributed by atoms with Crippen molar-refractivity contribution in [3.8, 4) is 5.75 Å². The maximum absolute atomic E-state index is 11.8. The monoisotopic (exact) mass is 492 g/mol. The molecule has 0 unspecified atom stereocenters. The molecule has 2 N–H and O–H groups in total. The van der Waals surface area contributed by atoms with Crippen LogP contribution in [0.2, 0.25) is 0 Å². The minimum Gasteiger partial charge on any atom is -0.508 e. The molecule has 1 aliphatic rings. The smallest absolute Gasteiger partial charge is 0.337 e. The van der Waals surface area contributed by atoms with Crippen LogP contribution in [0.3, 0.4) is 0 Å². The fourth-order valence-electron chi connectivity index (χ4n) is 3.91. The number of aliphatic imine (C=N–C) groups is 1. The largest absolute Gasteiger partial charge is 0.508 e. The summed E-state index contributed by atoms with van der Waals surface area (Å²) in [5.41, 5.74) is 5.55. The molecule has 0 radical (unpaired) electrons. The molecule has 0 bridgehead atoms. The number of halogens is 1. The number of benzene rings is 3. The van der Waals surface area contributed by atoms with E-state index in [0.29, 0.717) is 12.0 Å². The van der Waals surface area contributed by atoms with Gasteiger partial charge in [0.2, 0.25) is 0 Å². The predicted molar refractivity (Wildman–Crippen MR) is 129 cm³/mol. The summed E-state index contributed by atoms with van der Waals surface area (Å²) in [7, 11) is 1.37. The number of nitrogens with zero attached hydrogens (tertiary/aromatic N) is 1. The summed E-state index contributed by atoms with van der Waals surface area (Å²) in [6.45, 7) is 2.14. The van der Waals surface area contributed by atoms with Crippen LogP contribution in [0.4, 0.5) is 0 Å². The zero-order chi connectivity index (χ0) is 22.7. The van der Waals surface area contributed by atoms with Gasteiger partial charge in [-0.05, 0) is 53.4 Å². The third-order valence-electron chi connectivity index (χ3n) is 5.75. The predicted octanol–water partition coefficient (Wildman–Crippen LogP) is 5.73. The van der Waals surface area contributed by atoms with Crippen LogP contribution in [-0.2, 0) is 11.2 Å². The summed E-state index contributed by atoms with van der Waals surface area (Å²) in [4.78, 5) is 16.8. The number of ether oxygens (including phenoxy) is 1. The van der Waals surface area contributed by atoms with Crippen LogP contribution in [0.25, 0.3) is 0 Å². The Bertz CT molecular complexity index is 1140. The quantitative estimate of drug-likeness (QED) is 0.446. The van der Waals surface area contributed by atoms with E-state index in [9.17, 15) is 9.90 Å². The molecule has 3 aromatic carbocycles. The Balaban J connectivity index is 1.72. The number of methoxy groups -OCH3 is 1. The van der Waals surface area contributed by atoms with Crippen molar-refractivity contribution in [1.29, 1.82) is 0 Å². The zero-order valence-corrected chi connectivity index (χ0v) is 19.6. The lowest BCUT2D eigenvalue weighted by Crippen LogP contribution is -2.33. The Morgan fingerprint density at radius 3 is 2.50 bits per heavy atom. The fraction of sp³-hybridized carbons (Fsp3) is 0.231. The number of phenolic OH excluding ortho intramolecular Hbond substituents is 1. The van der Waals surface area contributed by atoms with Gasteiger partial charge in [-0.15, -0.1) is 0 Å². The van der Waals surface area contributed by atoms with Crippen LogP contribution >= 0.6 is 15.9 Å². The molecule has 1 heterocycles. The standard InChI is InChI=1S/C26H25BrN2O3/c1-3-16-4-6-17(7-5-16)22-15-23(21-14-20(27)12-13-24(21)30)29-25(28-22)18-8-10-19(11-9-18)26(31)32-2/h4-14,23,25,29-30H,3,15H2,1-2H3/t23-,25-/m1/s1. The Morgan fingerprint density at radius 2 is 1.84 bits per heavy atom. The van der Waals surface area contributed by atoms with Crippen LogP contribution in [0.15, 0.2) is 76.2 Å². The highest BCUT2D eigenvalue weighted by Crippen LogP contribution is 2.36. The number of aryl methyl sites for hydroxylation is 1. The molecule has 2 atom stereocenters. The fourth-order valence-corrected chi connectivity index (χ4v) is 4.29. The second-order valence-corrected chi connectivity index (χ2v) is 8.68. The third kappa shape index (κ3) is 4.76. The van der Waals surface area contributed by atoms with Gasteiger partial charge in [0.25, 0.3) is 0 Å². The molecule has 0 aliphatic carbocycles. The van der Waals surface area contributed by atoms with E-state index in [1.807, 2.05) is 24.3 Å². The topological polar surface area (TPSA) is 70.9 Å². The van der Waals surface area contributed by atoms with Crippen molar-refractivity contribution in [3.63, 3.8) is 0 Å². The molecule has 3 aromatic rings. The number of hydrogen-bond donors (Lipinski definition) is 2. The van der Waals surface area contributed by atoms with Crippen LogP contribution in [0, 0.1) is 0 Å². The van der Waals surface area contributed by atoms with Crippen molar-refractivity contribution in [1.82, 2.24) is 5.32 Å². The molecule has 4 rings (SSSR count). The molecule has 5 nitrogen and oxygen atoms in total. The Kier molecular flexibility index (Phi) is 6.72. The highest BCUT2D eigenvalue weighted by molar-refractivity contribution is 9.10. The summed E-state index contributed by atoms with van der Waals surface area (Å²) in [5.74, 6) is -0.127. The maximum atomic E-state index is 11.8. The van der Waals surface area contributed by atoms with E-state index in [2.05, 4.69) is 52.4 Å². The third-order valence-corrected chi connectivity index (χ3v) is 6.24. The summed E-state index contributed by atoms with van der Waals surface area (Å²) >= 11 is 3.51. The van der Waals surface area contributed by atoms with Crippen LogP contribution in [0.5, 0.6) is 5.75 Å². The molecule has 164 valence electrons. The molecule has 0 saturated heterocycles. The van der Waals surface area contributed by atoms with Crippen molar-refractivity contribution in [2.75, 3.05) is 7.11 Å². The summed E-state index contributed by atoms with van der Waals surface area (Å²) in [5, 5.41) is 14.1. The van der Waals surface area contributed by atoms with E-state index in [1.54, 1.807) is 18.2 Å². The number of hydrogen-bond acceptors (Lipinski definition) is 5. The minimum absolute atomic E-state index is 0.129. The van der Waals surface area contributed by atoms with E-state index >= 15 is 0 Å². The molecule has 0 spiro atoms. The van der Waals surface area contributed by atoms with Gasteiger partial charge in [-0.1, -0.05) is 59.3 Å². The lowest BCUT2D eigenvalue weighted by Gasteiger charge is -2.31. The number of phenols is 1. The number of nitrogens with one attached hydrogen (secondary N) is 1. The van der Waals surface area contributed by atoms with Gasteiger partial charge in [-0.2, -0.15) is 0 Å². The SMILES string of the molecule is CCc1ccc(C2=N[C@@H](c3ccc(C(=O)OC)cc3)N[C@@H](c3cc(Br)ccc3O)C2)cc1. The normalized spacial score (nSPS) is 18.2. The molecule has 6 heteroatoms. The lowest BCUT2D eigenvalue weighted by molar-refractivity contribution is 0.0600. The van der Waals surface area contributed by atoms with Gasteiger partial charge in [-0.25, -0.2) is 4.79 Å². The van der Waals surface area contributed by atoms with Gasteiger partial charge >= 0.3 is 5.97 Å². The van der Waals surface area contributed by atoms with Gasteiger partial charge < -0.3 is 9.84 Å². The second kappa shape index (κ2) is 9.67. The molecule has 0 amide bonds. The van der Waals surface area contributed by atoms with Crippen LogP contribution in [0.1, 0.15) is 58.2 Å². The van der Waals surface area contributed by atoms with E-state index in [1.165, 1.54) is 12.7 Å². The first kappa shape index (κ1) is 22.2. The number of esters is 1. The lowest BCUT2D eigenvalue weighted by atomic mass is 9.93. The zero-order valence-electron chi connectivity index (χ0n) is 18.0. The number of aromatic hydroxyl groups is 1. The Labute approximate surface area is 196 Å². The average Bonchev–Trinajstić information content (AvgIpc) is 2.85. The minimum atomic E-state index is -0.370. The second-order valence-electron chi connectivity index (χ2n) is 7.77. The number of carbonyl (C=O) groups excluding carboxylic acids is 1. The first-order chi connectivity index (χ1) is 15.5. The van der Waals surface area contributed by atoms with E-state index in [4.69, 9.17) is 9.73 Å². The summed E-state index contributed by atoms with van der Waals surface area (Å²) in [6, 6.07) is 21.1.